The first-order chi connectivity index (χ1) is 13.2. The highest BCUT2D eigenvalue weighted by Gasteiger charge is 2.12. The van der Waals surface area contributed by atoms with Gasteiger partial charge in [-0.15, -0.1) is 0 Å². The van der Waals surface area contributed by atoms with Crippen molar-refractivity contribution in [2.45, 2.75) is 13.8 Å². The largest absolute Gasteiger partial charge is 0.343 e. The predicted octanol–water partition coefficient (Wildman–Crippen LogP) is 2.47. The van der Waals surface area contributed by atoms with Crippen LogP contribution in [0.1, 0.15) is 13.8 Å². The second kappa shape index (κ2) is 7.32. The lowest BCUT2D eigenvalue weighted by molar-refractivity contribution is 0.310. The van der Waals surface area contributed by atoms with E-state index in [9.17, 15) is 0 Å². The zero-order valence-corrected chi connectivity index (χ0v) is 15.9. The van der Waals surface area contributed by atoms with E-state index in [2.05, 4.69) is 49.9 Å². The Labute approximate surface area is 157 Å². The van der Waals surface area contributed by atoms with Crippen molar-refractivity contribution in [3.63, 3.8) is 0 Å². The van der Waals surface area contributed by atoms with Crippen molar-refractivity contribution in [2.75, 3.05) is 38.1 Å². The number of H-pyrrole nitrogens is 1. The maximum Gasteiger partial charge on any atom is 0.227 e. The molecule has 0 saturated heterocycles. The second-order valence-electron chi connectivity index (χ2n) is 6.58. The third kappa shape index (κ3) is 3.35. The number of hydrogen-bond acceptors (Lipinski definition) is 6. The molecule has 0 atom stereocenters. The summed E-state index contributed by atoms with van der Waals surface area (Å²) in [5, 5.41) is 8.17. The lowest BCUT2D eigenvalue weighted by Gasteiger charge is -2.23. The highest BCUT2D eigenvalue weighted by Crippen LogP contribution is 2.21. The summed E-state index contributed by atoms with van der Waals surface area (Å²) >= 11 is 0. The first-order valence-corrected chi connectivity index (χ1v) is 9.26. The van der Waals surface area contributed by atoms with Crippen molar-refractivity contribution < 1.29 is 0 Å². The van der Waals surface area contributed by atoms with Gasteiger partial charge in [0.2, 0.25) is 5.95 Å². The Kier molecular flexibility index (Phi) is 4.72. The van der Waals surface area contributed by atoms with Gasteiger partial charge < -0.3 is 9.80 Å². The molecule has 0 unspecified atom stereocenters. The van der Waals surface area contributed by atoms with E-state index in [1.54, 1.807) is 12.5 Å². The molecule has 3 aromatic heterocycles. The van der Waals surface area contributed by atoms with Crippen molar-refractivity contribution in [2.24, 2.45) is 0 Å². The molecule has 0 radical (unpaired) electrons. The lowest BCUT2D eigenvalue weighted by Crippen LogP contribution is -2.33. The van der Waals surface area contributed by atoms with Crippen LogP contribution in [0.5, 0.6) is 0 Å². The SMILES string of the molecule is CCN(CC)CCN(C)c1ncc2ncn(-c3ccc4cn[nH]c4c3)c2n1. The third-order valence-electron chi connectivity index (χ3n) is 4.97. The standard InChI is InChI=1S/C19H24N8/c1-4-26(5-2)9-8-25(3)19-20-12-17-18(23-19)27(13-21-17)15-7-6-14-11-22-24-16(14)10-15/h6-7,10-13H,4-5,8-9H2,1-3H3,(H,22,24). The summed E-state index contributed by atoms with van der Waals surface area (Å²) in [6, 6.07) is 6.14. The predicted molar refractivity (Wildman–Crippen MR) is 107 cm³/mol. The van der Waals surface area contributed by atoms with Crippen molar-refractivity contribution in [1.82, 2.24) is 34.6 Å². The monoisotopic (exact) mass is 364 g/mol. The van der Waals surface area contributed by atoms with Crippen LogP contribution >= 0.6 is 0 Å². The van der Waals surface area contributed by atoms with Crippen LogP contribution < -0.4 is 4.90 Å². The number of imidazole rings is 1. The minimum atomic E-state index is 0.707. The topological polar surface area (TPSA) is 78.8 Å². The Bertz CT molecular complexity index is 1050. The number of fused-ring (bicyclic) bond motifs is 2. The van der Waals surface area contributed by atoms with Crippen LogP contribution in [-0.4, -0.2) is 67.8 Å². The highest BCUT2D eigenvalue weighted by atomic mass is 15.3. The summed E-state index contributed by atoms with van der Waals surface area (Å²) in [4.78, 5) is 18.2. The van der Waals surface area contributed by atoms with E-state index in [-0.39, 0.29) is 0 Å². The molecule has 0 bridgehead atoms. The normalized spacial score (nSPS) is 11.7. The molecule has 0 saturated carbocycles. The summed E-state index contributed by atoms with van der Waals surface area (Å²) in [7, 11) is 2.03. The Hall–Kier alpha value is -3.00. The van der Waals surface area contributed by atoms with Gasteiger partial charge >= 0.3 is 0 Å². The molecule has 4 rings (SSSR count). The van der Waals surface area contributed by atoms with Gasteiger partial charge in [0, 0.05) is 25.5 Å². The Morgan fingerprint density at radius 2 is 1.93 bits per heavy atom. The number of nitrogens with zero attached hydrogens (tertiary/aromatic N) is 7. The van der Waals surface area contributed by atoms with Gasteiger partial charge in [0.25, 0.3) is 0 Å². The molecule has 8 nitrogen and oxygen atoms in total. The average molecular weight is 364 g/mol. The number of aromatic nitrogens is 6. The number of likely N-dealkylation sites (N-methyl/N-ethyl adjacent to an activating group) is 2. The fraction of sp³-hybridized carbons (Fsp3) is 0.368. The molecule has 0 spiro atoms. The van der Waals surface area contributed by atoms with E-state index in [0.29, 0.717) is 5.95 Å². The van der Waals surface area contributed by atoms with Gasteiger partial charge in [-0.1, -0.05) is 13.8 Å². The molecule has 3 heterocycles. The summed E-state index contributed by atoms with van der Waals surface area (Å²) in [6.07, 6.45) is 5.39. The first-order valence-electron chi connectivity index (χ1n) is 9.26. The number of nitrogens with one attached hydrogen (secondary N) is 1. The molecule has 140 valence electrons. The summed E-state index contributed by atoms with van der Waals surface area (Å²) in [5.41, 5.74) is 3.55. The molecule has 1 aromatic carbocycles. The first kappa shape index (κ1) is 17.4. The van der Waals surface area contributed by atoms with E-state index in [4.69, 9.17) is 4.98 Å². The van der Waals surface area contributed by atoms with Gasteiger partial charge in [0.05, 0.1) is 23.6 Å². The maximum atomic E-state index is 4.78. The van der Waals surface area contributed by atoms with E-state index in [1.807, 2.05) is 29.9 Å². The fourth-order valence-corrected chi connectivity index (χ4v) is 3.18. The van der Waals surface area contributed by atoms with Crippen LogP contribution in [0.3, 0.4) is 0 Å². The fourth-order valence-electron chi connectivity index (χ4n) is 3.18. The Balaban J connectivity index is 1.64. The number of benzene rings is 1. The zero-order chi connectivity index (χ0) is 18.8. The van der Waals surface area contributed by atoms with E-state index in [0.717, 1.165) is 53.9 Å². The van der Waals surface area contributed by atoms with Gasteiger partial charge in [-0.3, -0.25) is 9.67 Å². The van der Waals surface area contributed by atoms with Crippen molar-refractivity contribution >= 4 is 28.0 Å². The van der Waals surface area contributed by atoms with Crippen molar-refractivity contribution in [3.8, 4) is 5.69 Å². The van der Waals surface area contributed by atoms with E-state index < -0.39 is 0 Å². The van der Waals surface area contributed by atoms with Crippen molar-refractivity contribution in [3.05, 3.63) is 36.9 Å². The minimum Gasteiger partial charge on any atom is -0.343 e. The van der Waals surface area contributed by atoms with Crippen LogP contribution in [0.2, 0.25) is 0 Å². The van der Waals surface area contributed by atoms with Gasteiger partial charge in [-0.25, -0.2) is 9.97 Å². The summed E-state index contributed by atoms with van der Waals surface area (Å²) < 4.78 is 1.99. The minimum absolute atomic E-state index is 0.707. The molecular formula is C19H24N8. The van der Waals surface area contributed by atoms with Crippen LogP contribution in [0.25, 0.3) is 27.8 Å². The Morgan fingerprint density at radius 1 is 1.07 bits per heavy atom. The van der Waals surface area contributed by atoms with E-state index >= 15 is 0 Å². The molecule has 0 aliphatic carbocycles. The summed E-state index contributed by atoms with van der Waals surface area (Å²) in [6.45, 7) is 8.32. The molecule has 27 heavy (non-hydrogen) atoms. The molecule has 4 aromatic rings. The number of hydrogen-bond donors (Lipinski definition) is 1. The van der Waals surface area contributed by atoms with Gasteiger partial charge in [0.1, 0.15) is 11.8 Å². The lowest BCUT2D eigenvalue weighted by atomic mass is 10.2. The Morgan fingerprint density at radius 3 is 2.74 bits per heavy atom. The molecule has 0 amide bonds. The molecule has 1 N–H and O–H groups in total. The second-order valence-corrected chi connectivity index (χ2v) is 6.58. The van der Waals surface area contributed by atoms with Crippen molar-refractivity contribution in [1.29, 1.82) is 0 Å². The highest BCUT2D eigenvalue weighted by molar-refractivity contribution is 5.81. The van der Waals surface area contributed by atoms with Gasteiger partial charge in [-0.2, -0.15) is 10.1 Å². The molecular weight excluding hydrogens is 340 g/mol. The third-order valence-corrected chi connectivity index (χ3v) is 4.97. The number of rotatable bonds is 7. The van der Waals surface area contributed by atoms with Gasteiger partial charge in [0.15, 0.2) is 5.65 Å². The zero-order valence-electron chi connectivity index (χ0n) is 15.9. The quantitative estimate of drug-likeness (QED) is 0.543. The van der Waals surface area contributed by atoms with Crippen LogP contribution in [0, 0.1) is 0 Å². The maximum absolute atomic E-state index is 4.78. The van der Waals surface area contributed by atoms with E-state index in [1.165, 1.54) is 0 Å². The molecule has 0 aliphatic rings. The summed E-state index contributed by atoms with van der Waals surface area (Å²) in [5.74, 6) is 0.707. The van der Waals surface area contributed by atoms with Crippen LogP contribution in [0.4, 0.5) is 5.95 Å². The van der Waals surface area contributed by atoms with Gasteiger partial charge in [-0.05, 0) is 31.3 Å². The van der Waals surface area contributed by atoms with Crippen LogP contribution in [-0.2, 0) is 0 Å². The smallest absolute Gasteiger partial charge is 0.227 e. The molecule has 0 fully saturated rings. The molecule has 8 heteroatoms. The molecule has 0 aliphatic heterocycles. The number of aromatic amines is 1. The average Bonchev–Trinajstić information content (AvgIpc) is 3.34. The number of anilines is 1. The van der Waals surface area contributed by atoms with Crippen LogP contribution in [0.15, 0.2) is 36.9 Å².